The van der Waals surface area contributed by atoms with E-state index in [1.807, 2.05) is 12.1 Å². The molecule has 1 atom stereocenters. The van der Waals surface area contributed by atoms with E-state index in [0.29, 0.717) is 41.6 Å². The standard InChI is InChI=1S/C30H31N11O2/c1-4-7-22(21(3)42)23-18-25(29(31)37-36-23)39-15-10-20(2)40(17-16-39)27-9-13-32-26(35-27)8-5-11-34-30(43)24-19-28-33-12-6-14-41(28)38-24/h4,6-7,9,12-14,18-20,42H,1,3,10-11,15-17H2,2H3,(H2,31,37)(H,34,43)/b22-7+. The van der Waals surface area contributed by atoms with Crippen LogP contribution in [0.2, 0.25) is 0 Å². The van der Waals surface area contributed by atoms with Gasteiger partial charge in [0.25, 0.3) is 5.91 Å². The van der Waals surface area contributed by atoms with E-state index in [4.69, 9.17) is 5.73 Å². The number of aromatic nitrogens is 7. The number of nitrogens with one attached hydrogen (secondary N) is 1. The number of nitrogens with two attached hydrogens (primary N) is 1. The molecule has 0 bridgehead atoms. The first-order chi connectivity index (χ1) is 20.8. The van der Waals surface area contributed by atoms with Crippen molar-refractivity contribution in [3.8, 4) is 11.8 Å². The number of fused-ring (bicyclic) bond motifs is 1. The van der Waals surface area contributed by atoms with Crippen LogP contribution in [0.1, 0.15) is 35.4 Å². The van der Waals surface area contributed by atoms with Crippen LogP contribution in [-0.4, -0.2) is 78.0 Å². The lowest BCUT2D eigenvalue weighted by Gasteiger charge is -2.28. The van der Waals surface area contributed by atoms with Crippen LogP contribution in [0, 0.1) is 11.8 Å². The number of hydrogen-bond donors (Lipinski definition) is 3. The lowest BCUT2D eigenvalue weighted by atomic mass is 10.1. The fourth-order valence-electron chi connectivity index (χ4n) is 4.71. The minimum atomic E-state index is -0.344. The van der Waals surface area contributed by atoms with Crippen LogP contribution in [0.3, 0.4) is 0 Å². The van der Waals surface area contributed by atoms with Gasteiger partial charge in [-0.15, -0.1) is 10.2 Å². The molecule has 1 amide bonds. The van der Waals surface area contributed by atoms with Gasteiger partial charge in [0, 0.05) is 55.9 Å². The van der Waals surface area contributed by atoms with Gasteiger partial charge >= 0.3 is 0 Å². The van der Waals surface area contributed by atoms with Crippen LogP contribution in [0.5, 0.6) is 0 Å². The Hall–Kier alpha value is -5.77. The maximum Gasteiger partial charge on any atom is 0.272 e. The van der Waals surface area contributed by atoms with Gasteiger partial charge in [0.2, 0.25) is 5.82 Å². The van der Waals surface area contributed by atoms with Crippen LogP contribution >= 0.6 is 0 Å². The summed E-state index contributed by atoms with van der Waals surface area (Å²) in [5.41, 5.74) is 8.68. The summed E-state index contributed by atoms with van der Waals surface area (Å²) in [6.45, 7) is 11.6. The number of allylic oxidation sites excluding steroid dienone is 3. The summed E-state index contributed by atoms with van der Waals surface area (Å²) in [5, 5.41) is 25.2. The molecule has 13 nitrogen and oxygen atoms in total. The molecule has 0 saturated carbocycles. The Labute approximate surface area is 248 Å². The van der Waals surface area contributed by atoms with Gasteiger partial charge in [-0.05, 0) is 43.5 Å². The van der Waals surface area contributed by atoms with Gasteiger partial charge in [-0.25, -0.2) is 19.5 Å². The summed E-state index contributed by atoms with van der Waals surface area (Å²) < 4.78 is 1.54. The SMILES string of the molecule is C=C/C=C(\C(=C)O)c1cc(N2CCC(C)N(c3ccnc(C#CCNC(=O)c4cc5ncccn5n4)n3)CC2)c(N)nn1. The van der Waals surface area contributed by atoms with E-state index in [2.05, 4.69) is 77.3 Å². The monoisotopic (exact) mass is 577 g/mol. The van der Waals surface area contributed by atoms with Crippen molar-refractivity contribution in [2.75, 3.05) is 41.7 Å². The van der Waals surface area contributed by atoms with E-state index in [1.165, 1.54) is 4.52 Å². The quantitative estimate of drug-likeness (QED) is 0.168. The Bertz CT molecular complexity index is 1740. The predicted octanol–water partition coefficient (Wildman–Crippen LogP) is 2.42. The Morgan fingerprint density at radius 3 is 2.86 bits per heavy atom. The molecule has 13 heteroatoms. The molecule has 218 valence electrons. The van der Waals surface area contributed by atoms with Crippen molar-refractivity contribution in [1.82, 2.24) is 40.1 Å². The van der Waals surface area contributed by atoms with Crippen molar-refractivity contribution in [3.05, 3.63) is 91.1 Å². The third-order valence-corrected chi connectivity index (χ3v) is 6.91. The largest absolute Gasteiger partial charge is 0.508 e. The molecule has 43 heavy (non-hydrogen) atoms. The molecule has 1 aliphatic rings. The van der Waals surface area contributed by atoms with Crippen molar-refractivity contribution >= 4 is 34.5 Å². The molecule has 5 rings (SSSR count). The average molecular weight is 578 g/mol. The number of aliphatic hydroxyl groups excluding tert-OH is 1. The van der Waals surface area contributed by atoms with Crippen LogP contribution < -0.4 is 20.9 Å². The second-order valence-corrected chi connectivity index (χ2v) is 9.76. The molecule has 0 aromatic carbocycles. The van der Waals surface area contributed by atoms with E-state index < -0.39 is 0 Å². The second kappa shape index (κ2) is 12.8. The van der Waals surface area contributed by atoms with Crippen LogP contribution in [0.25, 0.3) is 11.2 Å². The molecule has 0 radical (unpaired) electrons. The van der Waals surface area contributed by atoms with Gasteiger partial charge in [-0.2, -0.15) is 5.10 Å². The third kappa shape index (κ3) is 6.59. The molecular weight excluding hydrogens is 546 g/mol. The second-order valence-electron chi connectivity index (χ2n) is 9.76. The van der Waals surface area contributed by atoms with E-state index in [0.717, 1.165) is 24.5 Å². The third-order valence-electron chi connectivity index (χ3n) is 6.91. The summed E-state index contributed by atoms with van der Waals surface area (Å²) in [7, 11) is 0. The van der Waals surface area contributed by atoms with Crippen LogP contribution in [0.4, 0.5) is 17.3 Å². The number of hydrogen-bond acceptors (Lipinski definition) is 11. The topological polar surface area (TPSA) is 164 Å². The zero-order valence-corrected chi connectivity index (χ0v) is 23.7. The van der Waals surface area contributed by atoms with Crippen molar-refractivity contribution in [1.29, 1.82) is 0 Å². The van der Waals surface area contributed by atoms with Crippen molar-refractivity contribution < 1.29 is 9.90 Å². The highest BCUT2D eigenvalue weighted by atomic mass is 16.3. The van der Waals surface area contributed by atoms with Gasteiger partial charge in [0.1, 0.15) is 11.6 Å². The fraction of sp³-hybridized carbons (Fsp3) is 0.233. The number of rotatable bonds is 7. The molecule has 1 unspecified atom stereocenters. The van der Waals surface area contributed by atoms with Gasteiger partial charge in [0.05, 0.1) is 17.9 Å². The number of amides is 1. The number of nitrogen functional groups attached to an aromatic ring is 1. The minimum absolute atomic E-state index is 0.111. The molecule has 1 saturated heterocycles. The number of carbonyl (C=O) groups excluding carboxylic acids is 1. The van der Waals surface area contributed by atoms with Gasteiger partial charge in [0.15, 0.2) is 17.2 Å². The van der Waals surface area contributed by atoms with Crippen LogP contribution in [-0.2, 0) is 0 Å². The summed E-state index contributed by atoms with van der Waals surface area (Å²) in [5.74, 6) is 6.78. The Balaban J connectivity index is 1.25. The maximum absolute atomic E-state index is 12.5. The molecule has 0 aliphatic carbocycles. The maximum atomic E-state index is 12.5. The molecule has 5 heterocycles. The first-order valence-electron chi connectivity index (χ1n) is 13.6. The summed E-state index contributed by atoms with van der Waals surface area (Å²) in [6, 6.07) is 7.19. The lowest BCUT2D eigenvalue weighted by molar-refractivity contribution is 0.0953. The number of nitrogens with zero attached hydrogens (tertiary/aromatic N) is 9. The molecule has 1 fully saturated rings. The molecular formula is C30H31N11O2. The first-order valence-corrected chi connectivity index (χ1v) is 13.6. The highest BCUT2D eigenvalue weighted by Crippen LogP contribution is 2.29. The fourth-order valence-corrected chi connectivity index (χ4v) is 4.71. The minimum Gasteiger partial charge on any atom is -0.508 e. The molecule has 4 N–H and O–H groups in total. The molecule has 4 aromatic heterocycles. The van der Waals surface area contributed by atoms with Gasteiger partial charge in [-0.3, -0.25) is 4.79 Å². The molecule has 1 aliphatic heterocycles. The lowest BCUT2D eigenvalue weighted by Crippen LogP contribution is -2.35. The smallest absolute Gasteiger partial charge is 0.272 e. The van der Waals surface area contributed by atoms with Gasteiger partial charge in [-0.1, -0.05) is 25.2 Å². The Morgan fingerprint density at radius 2 is 2.07 bits per heavy atom. The van der Waals surface area contributed by atoms with Crippen molar-refractivity contribution in [3.63, 3.8) is 0 Å². The van der Waals surface area contributed by atoms with E-state index in [9.17, 15) is 9.90 Å². The zero-order chi connectivity index (χ0) is 30.3. The van der Waals surface area contributed by atoms with E-state index in [1.54, 1.807) is 42.9 Å². The highest BCUT2D eigenvalue weighted by molar-refractivity contribution is 5.93. The number of anilines is 3. The molecule has 0 spiro atoms. The van der Waals surface area contributed by atoms with E-state index >= 15 is 0 Å². The summed E-state index contributed by atoms with van der Waals surface area (Å²) >= 11 is 0. The first kappa shape index (κ1) is 28.7. The number of carbonyl (C=O) groups is 1. The summed E-state index contributed by atoms with van der Waals surface area (Å²) in [6.07, 6.45) is 9.05. The highest BCUT2D eigenvalue weighted by Gasteiger charge is 2.24. The Kier molecular flexibility index (Phi) is 8.57. The van der Waals surface area contributed by atoms with Crippen molar-refractivity contribution in [2.24, 2.45) is 0 Å². The van der Waals surface area contributed by atoms with E-state index in [-0.39, 0.29) is 29.9 Å². The normalized spacial score (nSPS) is 15.4. The summed E-state index contributed by atoms with van der Waals surface area (Å²) in [4.78, 5) is 29.9. The molecule has 4 aromatic rings. The van der Waals surface area contributed by atoms with Gasteiger partial charge < -0.3 is 26.0 Å². The van der Waals surface area contributed by atoms with Crippen LogP contribution in [0.15, 0.2) is 73.9 Å². The predicted molar refractivity (Wildman–Crippen MR) is 164 cm³/mol. The Morgan fingerprint density at radius 1 is 1.21 bits per heavy atom. The average Bonchev–Trinajstić information content (AvgIpc) is 3.35. The van der Waals surface area contributed by atoms with Crippen molar-refractivity contribution in [2.45, 2.75) is 19.4 Å². The number of aliphatic hydroxyl groups is 1. The zero-order valence-electron chi connectivity index (χ0n) is 23.7.